The van der Waals surface area contributed by atoms with Crippen LogP contribution in [0.1, 0.15) is 33.0 Å². The molecule has 1 aromatic heterocycles. The van der Waals surface area contributed by atoms with Crippen molar-refractivity contribution in [2.75, 3.05) is 18.1 Å². The Morgan fingerprint density at radius 2 is 1.95 bits per heavy atom. The molecule has 0 bridgehead atoms. The predicted molar refractivity (Wildman–Crippen MR) is 130 cm³/mol. The van der Waals surface area contributed by atoms with Gasteiger partial charge in [0.1, 0.15) is 35.9 Å². The SMILES string of the molecule is CC(=O)CC(=O)OCC1=C(C(=O)O)N2C(=O)C(NC(=O)C(=NOC(C)(C)C(=O)O)c3nsc(N)n3)[C@H]2SC1. The second-order valence-electron chi connectivity index (χ2n) is 8.46. The molecule has 16 nitrogen and oxygen atoms in total. The summed E-state index contributed by atoms with van der Waals surface area (Å²) in [5.74, 6) is -6.05. The van der Waals surface area contributed by atoms with Crippen LogP contribution in [0.4, 0.5) is 5.13 Å². The number of ketones is 1. The normalized spacial score (nSPS) is 19.3. The molecule has 5 N–H and O–H groups in total. The molecule has 2 aliphatic rings. The Bertz CT molecular complexity index is 1270. The first-order valence-electron chi connectivity index (χ1n) is 10.7. The van der Waals surface area contributed by atoms with Gasteiger partial charge in [0, 0.05) is 22.9 Å². The number of esters is 1. The van der Waals surface area contributed by atoms with E-state index in [1.165, 1.54) is 20.8 Å². The van der Waals surface area contributed by atoms with E-state index in [0.29, 0.717) is 0 Å². The number of carbonyl (C=O) groups excluding carboxylic acids is 4. The molecule has 0 saturated carbocycles. The third-order valence-electron chi connectivity index (χ3n) is 5.09. The summed E-state index contributed by atoms with van der Waals surface area (Å²) >= 11 is 1.85. The molecule has 2 aliphatic heterocycles. The molecule has 3 heterocycles. The van der Waals surface area contributed by atoms with E-state index in [0.717, 1.165) is 28.2 Å². The van der Waals surface area contributed by atoms with Gasteiger partial charge in [0.15, 0.2) is 5.13 Å². The summed E-state index contributed by atoms with van der Waals surface area (Å²) in [5, 5.41) is 24.1. The number of nitrogens with zero attached hydrogens (tertiary/aromatic N) is 4. The average molecular weight is 571 g/mol. The summed E-state index contributed by atoms with van der Waals surface area (Å²) in [7, 11) is 0. The number of carboxylic acids is 2. The van der Waals surface area contributed by atoms with E-state index in [1.54, 1.807) is 0 Å². The molecular formula is C20H22N6O10S2. The van der Waals surface area contributed by atoms with Gasteiger partial charge in [-0.2, -0.15) is 9.36 Å². The van der Waals surface area contributed by atoms with Crippen molar-refractivity contribution in [1.29, 1.82) is 0 Å². The number of nitrogens with two attached hydrogens (primary N) is 1. The molecule has 1 fully saturated rings. The number of aromatic nitrogens is 2. The third-order valence-corrected chi connectivity index (χ3v) is 6.97. The lowest BCUT2D eigenvalue weighted by molar-refractivity contribution is -0.161. The Morgan fingerprint density at radius 3 is 2.50 bits per heavy atom. The van der Waals surface area contributed by atoms with Crippen molar-refractivity contribution in [2.45, 2.75) is 44.2 Å². The van der Waals surface area contributed by atoms with E-state index in [4.69, 9.17) is 15.3 Å². The van der Waals surface area contributed by atoms with E-state index in [1.807, 2.05) is 0 Å². The molecular weight excluding hydrogens is 548 g/mol. The summed E-state index contributed by atoms with van der Waals surface area (Å²) in [4.78, 5) is 81.7. The molecule has 0 spiro atoms. The highest BCUT2D eigenvalue weighted by molar-refractivity contribution is 8.00. The van der Waals surface area contributed by atoms with Gasteiger partial charge in [0.25, 0.3) is 11.8 Å². The van der Waals surface area contributed by atoms with Crippen LogP contribution in [-0.4, -0.2) is 95.1 Å². The van der Waals surface area contributed by atoms with Crippen LogP contribution in [0.15, 0.2) is 16.4 Å². The number of ether oxygens (including phenoxy) is 1. The largest absolute Gasteiger partial charge is 0.478 e. The van der Waals surface area contributed by atoms with Crippen molar-refractivity contribution in [2.24, 2.45) is 5.16 Å². The maximum Gasteiger partial charge on any atom is 0.352 e. The number of β-lactam (4-membered cyclic amide) rings is 1. The number of carboxylic acid groups (broad SMARTS) is 2. The molecule has 1 aromatic rings. The van der Waals surface area contributed by atoms with Crippen molar-refractivity contribution < 1.29 is 48.6 Å². The molecule has 2 amide bonds. The maximum atomic E-state index is 13.0. The first-order chi connectivity index (χ1) is 17.7. The molecule has 204 valence electrons. The molecule has 1 unspecified atom stereocenters. The van der Waals surface area contributed by atoms with Gasteiger partial charge in [-0.25, -0.2) is 9.59 Å². The first kappa shape index (κ1) is 28.5. The van der Waals surface area contributed by atoms with Gasteiger partial charge in [-0.3, -0.25) is 24.1 Å². The first-order valence-corrected chi connectivity index (χ1v) is 12.5. The summed E-state index contributed by atoms with van der Waals surface area (Å²) in [6, 6.07) is -1.18. The minimum atomic E-state index is -1.82. The van der Waals surface area contributed by atoms with Crippen LogP contribution >= 0.6 is 23.3 Å². The van der Waals surface area contributed by atoms with E-state index < -0.39 is 77.0 Å². The van der Waals surface area contributed by atoms with Crippen LogP contribution < -0.4 is 11.1 Å². The van der Waals surface area contributed by atoms with Crippen LogP contribution in [0.5, 0.6) is 0 Å². The smallest absolute Gasteiger partial charge is 0.352 e. The number of anilines is 1. The minimum absolute atomic E-state index is 0.0144. The number of amides is 2. The van der Waals surface area contributed by atoms with Crippen LogP contribution in [0.3, 0.4) is 0 Å². The lowest BCUT2D eigenvalue weighted by Crippen LogP contribution is -2.71. The third kappa shape index (κ3) is 6.08. The van der Waals surface area contributed by atoms with Gasteiger partial charge >= 0.3 is 17.9 Å². The van der Waals surface area contributed by atoms with Gasteiger partial charge in [-0.1, -0.05) is 5.16 Å². The van der Waals surface area contributed by atoms with Crippen LogP contribution in [0.2, 0.25) is 0 Å². The number of carbonyl (C=O) groups is 6. The van der Waals surface area contributed by atoms with Crippen LogP contribution in [0, 0.1) is 0 Å². The molecule has 0 aromatic carbocycles. The zero-order valence-corrected chi connectivity index (χ0v) is 21.8. The molecule has 3 rings (SSSR count). The minimum Gasteiger partial charge on any atom is -0.478 e. The molecule has 2 atom stereocenters. The van der Waals surface area contributed by atoms with E-state index >= 15 is 0 Å². The Morgan fingerprint density at radius 1 is 1.26 bits per heavy atom. The zero-order valence-electron chi connectivity index (χ0n) is 20.1. The van der Waals surface area contributed by atoms with Crippen LogP contribution in [-0.2, 0) is 38.3 Å². The average Bonchev–Trinajstić information content (AvgIpc) is 3.25. The van der Waals surface area contributed by atoms with Gasteiger partial charge in [0.05, 0.1) is 0 Å². The predicted octanol–water partition coefficient (Wildman–Crippen LogP) is -1.03. The van der Waals surface area contributed by atoms with E-state index in [-0.39, 0.29) is 22.3 Å². The van der Waals surface area contributed by atoms with Crippen molar-refractivity contribution in [3.05, 3.63) is 17.1 Å². The summed E-state index contributed by atoms with van der Waals surface area (Å²) in [6.45, 7) is 3.15. The quantitative estimate of drug-likeness (QED) is 0.0817. The molecule has 0 radical (unpaired) electrons. The summed E-state index contributed by atoms with van der Waals surface area (Å²) < 4.78 is 8.83. The second kappa shape index (κ2) is 11.1. The Balaban J connectivity index is 1.79. The number of fused-ring (bicyclic) bond motifs is 1. The zero-order chi connectivity index (χ0) is 28.4. The summed E-state index contributed by atoms with van der Waals surface area (Å²) in [6.07, 6.45) is -0.473. The second-order valence-corrected chi connectivity index (χ2v) is 10.3. The van der Waals surface area contributed by atoms with Crippen molar-refractivity contribution in [1.82, 2.24) is 19.6 Å². The number of nitrogen functional groups attached to an aromatic ring is 1. The number of Topliss-reactive ketones (excluding diaryl/α,β-unsaturated/α-hetero) is 1. The highest BCUT2D eigenvalue weighted by Gasteiger charge is 2.54. The molecule has 18 heteroatoms. The topological polar surface area (TPSA) is 241 Å². The Hall–Kier alpha value is -4.06. The number of hydrogen-bond donors (Lipinski definition) is 4. The Kier molecular flexibility index (Phi) is 8.35. The van der Waals surface area contributed by atoms with E-state index in [2.05, 4.69) is 19.8 Å². The number of rotatable bonds is 11. The van der Waals surface area contributed by atoms with Crippen molar-refractivity contribution >= 4 is 69.6 Å². The fourth-order valence-corrected chi connectivity index (χ4v) is 4.90. The van der Waals surface area contributed by atoms with Gasteiger partial charge in [-0.05, 0) is 20.8 Å². The lowest BCUT2D eigenvalue weighted by Gasteiger charge is -2.49. The van der Waals surface area contributed by atoms with Crippen molar-refractivity contribution in [3.63, 3.8) is 0 Å². The fraction of sp³-hybridized carbons (Fsp3) is 0.450. The highest BCUT2D eigenvalue weighted by Crippen LogP contribution is 2.40. The molecule has 38 heavy (non-hydrogen) atoms. The Labute approximate surface area is 222 Å². The van der Waals surface area contributed by atoms with Crippen molar-refractivity contribution in [3.8, 4) is 0 Å². The number of thioether (sulfide) groups is 1. The lowest BCUT2D eigenvalue weighted by atomic mass is 10.0. The maximum absolute atomic E-state index is 13.0. The van der Waals surface area contributed by atoms with Crippen LogP contribution in [0.25, 0.3) is 0 Å². The highest BCUT2D eigenvalue weighted by atomic mass is 32.2. The standard InChI is InChI=1S/C20H22N6O10S2/c1-7(27)4-9(28)35-5-8-6-37-16-11(15(30)26(16)12(8)17(31)32)22-14(29)10(13-23-19(21)38-25-13)24-36-20(2,3)18(33)34/h11,16H,4-6H2,1-3H3,(H,22,29)(H,31,32)(H,33,34)(H2,21,23,25)/t11?,16-/m1/s1. The van der Waals surface area contributed by atoms with Gasteiger partial charge in [0.2, 0.25) is 17.1 Å². The van der Waals surface area contributed by atoms with E-state index in [9.17, 15) is 39.0 Å². The monoisotopic (exact) mass is 570 g/mol. The molecule has 1 saturated heterocycles. The molecule has 0 aliphatic carbocycles. The number of hydrogen-bond acceptors (Lipinski definition) is 14. The fourth-order valence-electron chi connectivity index (χ4n) is 3.14. The number of aliphatic carboxylic acids is 2. The van der Waals surface area contributed by atoms with Gasteiger partial charge < -0.3 is 30.8 Å². The van der Waals surface area contributed by atoms with Gasteiger partial charge in [-0.15, -0.1) is 11.8 Å². The number of oxime groups is 1. The number of nitrogens with one attached hydrogen (secondary N) is 1. The summed E-state index contributed by atoms with van der Waals surface area (Å²) in [5.41, 5.74) is 2.95.